The van der Waals surface area contributed by atoms with Gasteiger partial charge in [0.2, 0.25) is 0 Å². The molecule has 6 rings (SSSR count). The van der Waals surface area contributed by atoms with Crippen LogP contribution in [0.25, 0.3) is 0 Å². The number of hydrogen-bond acceptors (Lipinski definition) is 8. The lowest BCUT2D eigenvalue weighted by Crippen LogP contribution is -2.53. The molecule has 0 amide bonds. The molecule has 3 aromatic rings. The van der Waals surface area contributed by atoms with E-state index in [1.54, 1.807) is 26.4 Å². The maximum Gasteiger partial charge on any atom is 0.193 e. The van der Waals surface area contributed by atoms with E-state index in [0.29, 0.717) is 74.1 Å². The summed E-state index contributed by atoms with van der Waals surface area (Å²) in [6.45, 7) is 4.21. The lowest BCUT2D eigenvalue weighted by molar-refractivity contribution is -0.0908. The number of allylic oxidation sites excluding steroid dienone is 2. The number of ether oxygens (including phenoxy) is 2. The van der Waals surface area contributed by atoms with E-state index in [4.69, 9.17) is 9.47 Å². The van der Waals surface area contributed by atoms with Crippen molar-refractivity contribution in [1.82, 2.24) is 4.90 Å². The van der Waals surface area contributed by atoms with Crippen LogP contribution in [0.4, 0.5) is 8.78 Å². The number of methoxy groups -OCH3 is 2. The van der Waals surface area contributed by atoms with Crippen LogP contribution in [0.15, 0.2) is 66.2 Å². The van der Waals surface area contributed by atoms with Crippen molar-refractivity contribution in [3.05, 3.63) is 106 Å². The highest BCUT2D eigenvalue weighted by Crippen LogP contribution is 2.59. The molecule has 0 heterocycles. The number of aliphatic hydroxyl groups is 4. The number of rotatable bonds is 11. The van der Waals surface area contributed by atoms with Gasteiger partial charge in [-0.2, -0.15) is 0 Å². The van der Waals surface area contributed by atoms with E-state index in [1.165, 1.54) is 6.07 Å². The zero-order valence-corrected chi connectivity index (χ0v) is 30.0. The summed E-state index contributed by atoms with van der Waals surface area (Å²) in [6, 6.07) is 14.2. The molecule has 10 heteroatoms. The number of benzene rings is 3. The minimum atomic E-state index is -1.30. The molecule has 5 unspecified atom stereocenters. The smallest absolute Gasteiger partial charge is 0.193 e. The fourth-order valence-electron chi connectivity index (χ4n) is 8.12. The Morgan fingerprint density at radius 2 is 1.80 bits per heavy atom. The molecular formula is C41H51F2NO7. The molecule has 3 aliphatic carbocycles. The quantitative estimate of drug-likeness (QED) is 0.139. The summed E-state index contributed by atoms with van der Waals surface area (Å²) in [4.78, 5) is 16.1. The summed E-state index contributed by atoms with van der Waals surface area (Å²) in [5, 5.41) is 44.2. The summed E-state index contributed by atoms with van der Waals surface area (Å²) in [5.74, 6) is -1.71. The van der Waals surface area contributed by atoms with Gasteiger partial charge in [-0.15, -0.1) is 0 Å². The molecule has 0 saturated heterocycles. The molecule has 1 fully saturated rings. The van der Waals surface area contributed by atoms with Gasteiger partial charge in [-0.25, -0.2) is 8.78 Å². The van der Waals surface area contributed by atoms with Gasteiger partial charge in [0.05, 0.1) is 38.6 Å². The molecule has 0 radical (unpaired) electrons. The molecule has 3 aliphatic rings. The number of aliphatic hydroxyl groups excluding tert-OH is 3. The Kier molecular flexibility index (Phi) is 12.4. The van der Waals surface area contributed by atoms with Crippen LogP contribution < -0.4 is 9.47 Å². The number of nitrogens with zero attached hydrogens (tertiary/aromatic N) is 1. The second-order valence-electron chi connectivity index (χ2n) is 14.6. The van der Waals surface area contributed by atoms with Gasteiger partial charge in [0.25, 0.3) is 0 Å². The zero-order valence-electron chi connectivity index (χ0n) is 30.0. The second kappa shape index (κ2) is 16.3. The molecule has 276 valence electrons. The second-order valence-corrected chi connectivity index (χ2v) is 14.6. The highest BCUT2D eigenvalue weighted by molar-refractivity contribution is 6.10. The molecule has 0 aromatic heterocycles. The fourth-order valence-corrected chi connectivity index (χ4v) is 8.12. The summed E-state index contributed by atoms with van der Waals surface area (Å²) in [7, 11) is 3.14. The van der Waals surface area contributed by atoms with Gasteiger partial charge in [-0.3, -0.25) is 9.69 Å². The maximum atomic E-state index is 14.4. The predicted octanol–water partition coefficient (Wildman–Crippen LogP) is 6.11. The molecule has 4 N–H and O–H groups in total. The summed E-state index contributed by atoms with van der Waals surface area (Å²) >= 11 is 0. The van der Waals surface area contributed by atoms with Gasteiger partial charge in [-0.1, -0.05) is 36.8 Å². The largest absolute Gasteiger partial charge is 0.497 e. The van der Waals surface area contributed by atoms with Crippen molar-refractivity contribution >= 4 is 5.78 Å². The van der Waals surface area contributed by atoms with Crippen molar-refractivity contribution in [1.29, 1.82) is 0 Å². The van der Waals surface area contributed by atoms with Crippen LogP contribution in [0.3, 0.4) is 0 Å². The van der Waals surface area contributed by atoms with Crippen LogP contribution in [0.1, 0.15) is 90.9 Å². The summed E-state index contributed by atoms with van der Waals surface area (Å²) < 4.78 is 39.3. The van der Waals surface area contributed by atoms with Crippen LogP contribution in [0.2, 0.25) is 0 Å². The van der Waals surface area contributed by atoms with Crippen LogP contribution >= 0.6 is 0 Å². The molecule has 51 heavy (non-hydrogen) atoms. The van der Waals surface area contributed by atoms with E-state index in [0.717, 1.165) is 28.8 Å². The number of ketones is 1. The Balaban J connectivity index is 1.59. The standard InChI is InChI=1S/C41H51F2NO7/c1-26-6-5-16-40(2)35(15-17-41(40,49)25-44(23-31(47)24-45)22-29-9-12-32(50-3)21-38(29)51-4)33-13-8-27(18-30(46)11-7-26)19-34(33)39(48)28-10-14-36(42)37(43)20-28/h6,8-10,12-14,19-21,30-31,35,45-47,49H,5,7,11,15-18,22-25H2,1-4H3. The number of fused-ring (bicyclic) bond motifs is 8. The van der Waals surface area contributed by atoms with E-state index in [9.17, 15) is 34.0 Å². The van der Waals surface area contributed by atoms with E-state index in [-0.39, 0.29) is 24.6 Å². The first kappa shape index (κ1) is 38.6. The third-order valence-electron chi connectivity index (χ3n) is 11.2. The number of halogens is 2. The summed E-state index contributed by atoms with van der Waals surface area (Å²) in [6.07, 6.45) is 4.18. The Morgan fingerprint density at radius 3 is 2.51 bits per heavy atom. The molecule has 1 saturated carbocycles. The van der Waals surface area contributed by atoms with E-state index in [2.05, 4.69) is 13.0 Å². The Bertz CT molecular complexity index is 1730. The van der Waals surface area contributed by atoms with Gasteiger partial charge in [-0.05, 0) is 99.2 Å². The third-order valence-corrected chi connectivity index (χ3v) is 11.2. The zero-order chi connectivity index (χ0) is 36.9. The van der Waals surface area contributed by atoms with E-state index >= 15 is 0 Å². The minimum Gasteiger partial charge on any atom is -0.497 e. The summed E-state index contributed by atoms with van der Waals surface area (Å²) in [5.41, 5.74) is 1.68. The molecule has 2 bridgehead atoms. The first-order chi connectivity index (χ1) is 24.3. The lowest BCUT2D eigenvalue weighted by Gasteiger charge is -2.46. The SMILES string of the molecule is COc1ccc(CN(CC(O)CO)CC2(O)CCC3c4ccc(cc4C(=O)c4ccc(F)c(F)c4)CC(O)CCC(C)=CCCC32C)c(OC)c1. The monoisotopic (exact) mass is 707 g/mol. The lowest BCUT2D eigenvalue weighted by atomic mass is 9.64. The third kappa shape index (κ3) is 8.53. The van der Waals surface area contributed by atoms with Gasteiger partial charge in [0.15, 0.2) is 17.4 Å². The number of hydrogen-bond donors (Lipinski definition) is 4. The minimum absolute atomic E-state index is 0.0140. The van der Waals surface area contributed by atoms with Gasteiger partial charge in [0.1, 0.15) is 11.5 Å². The predicted molar refractivity (Wildman–Crippen MR) is 191 cm³/mol. The number of carbonyl (C=O) groups is 1. The molecule has 0 aliphatic heterocycles. The van der Waals surface area contributed by atoms with Gasteiger partial charge < -0.3 is 29.9 Å². The van der Waals surface area contributed by atoms with E-state index < -0.39 is 47.2 Å². The molecule has 0 spiro atoms. The van der Waals surface area contributed by atoms with Crippen molar-refractivity contribution in [2.45, 2.75) is 89.1 Å². The molecular weight excluding hydrogens is 656 g/mol. The van der Waals surface area contributed by atoms with Crippen LogP contribution in [-0.4, -0.2) is 82.8 Å². The van der Waals surface area contributed by atoms with E-state index in [1.807, 2.05) is 36.1 Å². The molecule has 5 atom stereocenters. The molecule has 8 nitrogen and oxygen atoms in total. The average molecular weight is 708 g/mol. The Morgan fingerprint density at radius 1 is 1.02 bits per heavy atom. The Hall–Kier alpha value is -3.67. The van der Waals surface area contributed by atoms with Crippen LogP contribution in [-0.2, 0) is 13.0 Å². The van der Waals surface area contributed by atoms with Gasteiger partial charge >= 0.3 is 0 Å². The van der Waals surface area contributed by atoms with Crippen molar-refractivity contribution in [3.63, 3.8) is 0 Å². The molecule has 3 aromatic carbocycles. The average Bonchev–Trinajstić information content (AvgIpc) is 3.36. The van der Waals surface area contributed by atoms with Crippen molar-refractivity contribution in [2.24, 2.45) is 5.41 Å². The van der Waals surface area contributed by atoms with Crippen LogP contribution in [0.5, 0.6) is 11.5 Å². The van der Waals surface area contributed by atoms with Crippen molar-refractivity contribution in [3.8, 4) is 11.5 Å². The van der Waals surface area contributed by atoms with Crippen molar-refractivity contribution in [2.75, 3.05) is 33.9 Å². The highest BCUT2D eigenvalue weighted by atomic mass is 19.2. The normalized spacial score (nSPS) is 24.5. The Labute approximate surface area is 299 Å². The maximum absolute atomic E-state index is 14.4. The van der Waals surface area contributed by atoms with Crippen LogP contribution in [0, 0.1) is 17.0 Å². The van der Waals surface area contributed by atoms with Crippen molar-refractivity contribution < 1.29 is 43.5 Å². The fraction of sp³-hybridized carbons (Fsp3) is 0.488. The first-order valence-corrected chi connectivity index (χ1v) is 17.7. The highest BCUT2D eigenvalue weighted by Gasteiger charge is 2.57. The number of carbonyl (C=O) groups excluding carboxylic acids is 1. The van der Waals surface area contributed by atoms with Gasteiger partial charge in [0, 0.05) is 47.8 Å². The topological polar surface area (TPSA) is 120 Å². The first-order valence-electron chi connectivity index (χ1n) is 17.7.